The van der Waals surface area contributed by atoms with Crippen LogP contribution >= 0.6 is 0 Å². The zero-order valence-corrected chi connectivity index (χ0v) is 17.2. The molecule has 4 rings (SSSR count). The van der Waals surface area contributed by atoms with Gasteiger partial charge in [-0.1, -0.05) is 12.1 Å². The highest BCUT2D eigenvalue weighted by Gasteiger charge is 2.29. The standard InChI is InChI=1S/C24H26F3NO3/c25-24(26,27)20-7-4-18(5-8-20)11-15-29-21-9-6-19-10-12-28(22(19)17-21)13-16-31-23-3-1-2-14-30-23/h4-10,12,17,23H,1-3,11,13-16H2. The molecule has 1 aromatic heterocycles. The fourth-order valence-corrected chi connectivity index (χ4v) is 3.72. The van der Waals surface area contributed by atoms with Gasteiger partial charge in [0.05, 0.1) is 24.3 Å². The summed E-state index contributed by atoms with van der Waals surface area (Å²) in [6.07, 6.45) is 1.35. The highest BCUT2D eigenvalue weighted by molar-refractivity contribution is 5.81. The minimum atomic E-state index is -4.31. The second-order valence-corrected chi connectivity index (χ2v) is 7.69. The van der Waals surface area contributed by atoms with Gasteiger partial charge in [-0.3, -0.25) is 0 Å². The number of benzene rings is 2. The van der Waals surface area contributed by atoms with Gasteiger partial charge in [0.1, 0.15) is 5.75 Å². The summed E-state index contributed by atoms with van der Waals surface area (Å²) in [6, 6.07) is 13.2. The van der Waals surface area contributed by atoms with Crippen molar-refractivity contribution >= 4 is 10.9 Å². The van der Waals surface area contributed by atoms with Gasteiger partial charge in [-0.15, -0.1) is 0 Å². The second-order valence-electron chi connectivity index (χ2n) is 7.69. The van der Waals surface area contributed by atoms with Gasteiger partial charge in [0.25, 0.3) is 0 Å². The quantitative estimate of drug-likeness (QED) is 0.448. The van der Waals surface area contributed by atoms with Gasteiger partial charge in [-0.2, -0.15) is 13.2 Å². The predicted molar refractivity (Wildman–Crippen MR) is 112 cm³/mol. The van der Waals surface area contributed by atoms with E-state index in [1.807, 2.05) is 24.4 Å². The highest BCUT2D eigenvalue weighted by atomic mass is 19.4. The van der Waals surface area contributed by atoms with E-state index in [1.54, 1.807) is 0 Å². The van der Waals surface area contributed by atoms with Gasteiger partial charge in [-0.25, -0.2) is 0 Å². The molecule has 0 radical (unpaired) electrons. The van der Waals surface area contributed by atoms with Crippen LogP contribution in [0.5, 0.6) is 5.75 Å². The SMILES string of the molecule is FC(F)(F)c1ccc(CCOc2ccc3ccn(CCOC4CCCCO4)c3c2)cc1. The van der Waals surface area contributed by atoms with E-state index in [2.05, 4.69) is 10.6 Å². The zero-order valence-electron chi connectivity index (χ0n) is 17.2. The van der Waals surface area contributed by atoms with E-state index in [0.717, 1.165) is 66.8 Å². The van der Waals surface area contributed by atoms with Crippen molar-refractivity contribution in [1.82, 2.24) is 4.57 Å². The summed E-state index contributed by atoms with van der Waals surface area (Å²) in [6.45, 7) is 2.45. The van der Waals surface area contributed by atoms with Crippen molar-refractivity contribution in [3.8, 4) is 5.75 Å². The Morgan fingerprint density at radius 3 is 2.58 bits per heavy atom. The first-order valence-corrected chi connectivity index (χ1v) is 10.6. The summed E-state index contributed by atoms with van der Waals surface area (Å²) >= 11 is 0. The van der Waals surface area contributed by atoms with Crippen molar-refractivity contribution in [2.45, 2.75) is 44.7 Å². The first kappa shape index (κ1) is 21.7. The van der Waals surface area contributed by atoms with Crippen LogP contribution in [0.25, 0.3) is 10.9 Å². The van der Waals surface area contributed by atoms with Gasteiger partial charge in [0.2, 0.25) is 0 Å². The highest BCUT2D eigenvalue weighted by Crippen LogP contribution is 2.29. The van der Waals surface area contributed by atoms with Gasteiger partial charge < -0.3 is 18.8 Å². The third-order valence-electron chi connectivity index (χ3n) is 5.46. The molecule has 1 aliphatic heterocycles. The van der Waals surface area contributed by atoms with Crippen LogP contribution in [0.15, 0.2) is 54.7 Å². The second kappa shape index (κ2) is 9.75. The largest absolute Gasteiger partial charge is 0.493 e. The fourth-order valence-electron chi connectivity index (χ4n) is 3.72. The van der Waals surface area contributed by atoms with Crippen molar-refractivity contribution < 1.29 is 27.4 Å². The van der Waals surface area contributed by atoms with Crippen molar-refractivity contribution in [1.29, 1.82) is 0 Å². The molecule has 0 aliphatic carbocycles. The molecule has 1 saturated heterocycles. The van der Waals surface area contributed by atoms with E-state index < -0.39 is 11.7 Å². The molecule has 2 heterocycles. The third kappa shape index (κ3) is 5.80. The number of rotatable bonds is 8. The topological polar surface area (TPSA) is 32.6 Å². The van der Waals surface area contributed by atoms with Crippen LogP contribution in [0, 0.1) is 0 Å². The van der Waals surface area contributed by atoms with Gasteiger partial charge >= 0.3 is 6.18 Å². The number of aromatic nitrogens is 1. The maximum Gasteiger partial charge on any atom is 0.416 e. The van der Waals surface area contributed by atoms with Crippen LogP contribution in [0.2, 0.25) is 0 Å². The molecule has 0 bridgehead atoms. The number of halogens is 3. The van der Waals surface area contributed by atoms with E-state index in [-0.39, 0.29) is 6.29 Å². The van der Waals surface area contributed by atoms with Crippen LogP contribution in [0.4, 0.5) is 13.2 Å². The summed E-state index contributed by atoms with van der Waals surface area (Å²) in [5, 5.41) is 1.11. The maximum absolute atomic E-state index is 12.7. The molecular weight excluding hydrogens is 407 g/mol. The molecule has 0 spiro atoms. The molecule has 1 fully saturated rings. The molecule has 166 valence electrons. The molecule has 1 unspecified atom stereocenters. The van der Waals surface area contributed by atoms with Crippen molar-refractivity contribution in [3.63, 3.8) is 0 Å². The van der Waals surface area contributed by atoms with E-state index in [9.17, 15) is 13.2 Å². The summed E-state index contributed by atoms with van der Waals surface area (Å²) in [5.74, 6) is 0.732. The van der Waals surface area contributed by atoms with E-state index in [1.165, 1.54) is 12.1 Å². The smallest absolute Gasteiger partial charge is 0.416 e. The first-order valence-electron chi connectivity index (χ1n) is 10.6. The summed E-state index contributed by atoms with van der Waals surface area (Å²) in [4.78, 5) is 0. The maximum atomic E-state index is 12.7. The molecule has 1 aliphatic rings. The summed E-state index contributed by atoms with van der Waals surface area (Å²) < 4.78 is 57.4. The number of hydrogen-bond acceptors (Lipinski definition) is 3. The Morgan fingerprint density at radius 2 is 1.84 bits per heavy atom. The molecule has 0 amide bonds. The van der Waals surface area contributed by atoms with Crippen molar-refractivity contribution in [3.05, 3.63) is 65.9 Å². The molecule has 0 N–H and O–H groups in total. The van der Waals surface area contributed by atoms with Gasteiger partial charge in [-0.05, 0) is 60.5 Å². The minimum absolute atomic E-state index is 0.0975. The van der Waals surface area contributed by atoms with Crippen LogP contribution in [-0.4, -0.2) is 30.7 Å². The Balaban J connectivity index is 1.30. The van der Waals surface area contributed by atoms with Crippen LogP contribution in [-0.2, 0) is 28.6 Å². The molecule has 2 aromatic carbocycles. The summed E-state index contributed by atoms with van der Waals surface area (Å²) in [7, 11) is 0. The Kier molecular flexibility index (Phi) is 6.83. The Morgan fingerprint density at radius 1 is 1.00 bits per heavy atom. The lowest BCUT2D eigenvalue weighted by atomic mass is 10.1. The monoisotopic (exact) mass is 433 g/mol. The third-order valence-corrected chi connectivity index (χ3v) is 5.46. The normalized spacial score (nSPS) is 17.2. The van der Waals surface area contributed by atoms with E-state index in [0.29, 0.717) is 19.6 Å². The van der Waals surface area contributed by atoms with Gasteiger partial charge in [0.15, 0.2) is 6.29 Å². The fraction of sp³-hybridized carbons (Fsp3) is 0.417. The Hall–Kier alpha value is -2.51. The van der Waals surface area contributed by atoms with E-state index in [4.69, 9.17) is 14.2 Å². The molecule has 4 nitrogen and oxygen atoms in total. The molecule has 31 heavy (non-hydrogen) atoms. The zero-order chi connectivity index (χ0) is 21.7. The molecular formula is C24H26F3NO3. The van der Waals surface area contributed by atoms with E-state index >= 15 is 0 Å². The lowest BCUT2D eigenvalue weighted by molar-refractivity contribution is -0.163. The minimum Gasteiger partial charge on any atom is -0.493 e. The predicted octanol–water partition coefficient (Wildman–Crippen LogP) is 5.82. The van der Waals surface area contributed by atoms with Crippen molar-refractivity contribution in [2.24, 2.45) is 0 Å². The molecule has 0 saturated carbocycles. The Bertz CT molecular complexity index is 976. The average molecular weight is 433 g/mol. The molecule has 7 heteroatoms. The lowest BCUT2D eigenvalue weighted by Crippen LogP contribution is -2.23. The number of alkyl halides is 3. The van der Waals surface area contributed by atoms with Gasteiger partial charge in [0, 0.05) is 31.8 Å². The van der Waals surface area contributed by atoms with Crippen LogP contribution in [0.1, 0.15) is 30.4 Å². The first-order chi connectivity index (χ1) is 15.0. The number of hydrogen-bond donors (Lipinski definition) is 0. The average Bonchev–Trinajstić information content (AvgIpc) is 3.17. The Labute approximate surface area is 179 Å². The number of ether oxygens (including phenoxy) is 3. The molecule has 3 aromatic rings. The molecule has 1 atom stereocenters. The summed E-state index contributed by atoms with van der Waals surface area (Å²) in [5.41, 5.74) is 1.22. The van der Waals surface area contributed by atoms with Crippen LogP contribution < -0.4 is 4.74 Å². The lowest BCUT2D eigenvalue weighted by Gasteiger charge is -2.22. The van der Waals surface area contributed by atoms with Crippen LogP contribution in [0.3, 0.4) is 0 Å². The number of nitrogens with zero attached hydrogens (tertiary/aromatic N) is 1. The van der Waals surface area contributed by atoms with Crippen molar-refractivity contribution in [2.75, 3.05) is 19.8 Å². The number of fused-ring (bicyclic) bond motifs is 1.